The van der Waals surface area contributed by atoms with Crippen LogP contribution in [0.4, 0.5) is 18.9 Å². The van der Waals surface area contributed by atoms with Crippen LogP contribution in [0.5, 0.6) is 0 Å². The van der Waals surface area contributed by atoms with Gasteiger partial charge in [-0.2, -0.15) is 13.2 Å². The highest BCUT2D eigenvalue weighted by Gasteiger charge is 2.30. The van der Waals surface area contributed by atoms with Crippen LogP contribution in [0.25, 0.3) is 0 Å². The maximum absolute atomic E-state index is 12.5. The molecule has 1 amide bonds. The van der Waals surface area contributed by atoms with Crippen molar-refractivity contribution in [1.29, 1.82) is 0 Å². The molecule has 2 heterocycles. The molecular weight excluding hydrogens is 325 g/mol. The third-order valence-corrected chi connectivity index (χ3v) is 4.77. The highest BCUT2D eigenvalue weighted by atomic mass is 32.1. The van der Waals surface area contributed by atoms with E-state index >= 15 is 0 Å². The van der Waals surface area contributed by atoms with Gasteiger partial charge in [-0.05, 0) is 47.7 Å². The summed E-state index contributed by atoms with van der Waals surface area (Å²) in [4.78, 5) is 15.4. The lowest BCUT2D eigenvalue weighted by atomic mass is 10.1. The molecule has 122 valence electrons. The van der Waals surface area contributed by atoms with Crippen molar-refractivity contribution in [3.05, 3.63) is 51.7 Å². The van der Waals surface area contributed by atoms with Crippen molar-refractivity contribution in [3.63, 3.8) is 0 Å². The summed E-state index contributed by atoms with van der Waals surface area (Å²) in [7, 11) is 0. The normalized spacial score (nSPS) is 15.3. The topological polar surface area (TPSA) is 32.3 Å². The molecule has 0 unspecified atom stereocenters. The summed E-state index contributed by atoms with van der Waals surface area (Å²) in [5, 5.41) is 4.69. The molecule has 2 aromatic rings. The fourth-order valence-corrected chi connectivity index (χ4v) is 3.48. The Kier molecular flexibility index (Phi) is 4.41. The molecule has 0 bridgehead atoms. The van der Waals surface area contributed by atoms with Gasteiger partial charge >= 0.3 is 6.18 Å². The number of halogens is 3. The first-order chi connectivity index (χ1) is 10.9. The minimum absolute atomic E-state index is 0.219. The molecule has 0 spiro atoms. The number of nitrogens with zero attached hydrogens (tertiary/aromatic N) is 1. The molecule has 0 fully saturated rings. The zero-order valence-corrected chi connectivity index (χ0v) is 13.0. The molecule has 0 saturated carbocycles. The summed E-state index contributed by atoms with van der Waals surface area (Å²) >= 11 is 1.73. The number of carbonyl (C=O) groups excluding carboxylic acids is 1. The molecule has 1 aromatic heterocycles. The maximum Gasteiger partial charge on any atom is 0.416 e. The van der Waals surface area contributed by atoms with E-state index in [4.69, 9.17) is 0 Å². The number of carbonyl (C=O) groups is 1. The average Bonchev–Trinajstić information content (AvgIpc) is 2.94. The summed E-state index contributed by atoms with van der Waals surface area (Å²) in [6, 6.07) is 6.55. The van der Waals surface area contributed by atoms with Crippen LogP contribution < -0.4 is 5.32 Å². The van der Waals surface area contributed by atoms with E-state index in [0.29, 0.717) is 5.69 Å². The van der Waals surface area contributed by atoms with E-state index in [9.17, 15) is 18.0 Å². The van der Waals surface area contributed by atoms with Crippen LogP contribution in [0.15, 0.2) is 35.7 Å². The molecule has 3 nitrogen and oxygen atoms in total. The van der Waals surface area contributed by atoms with Crippen molar-refractivity contribution in [1.82, 2.24) is 4.90 Å². The predicted octanol–water partition coefficient (Wildman–Crippen LogP) is 3.76. The smallest absolute Gasteiger partial charge is 0.325 e. The number of benzene rings is 1. The first kappa shape index (κ1) is 16.0. The van der Waals surface area contributed by atoms with Crippen molar-refractivity contribution in [2.45, 2.75) is 19.1 Å². The fourth-order valence-electron chi connectivity index (χ4n) is 2.59. The van der Waals surface area contributed by atoms with Crippen LogP contribution in [0.3, 0.4) is 0 Å². The lowest BCUT2D eigenvalue weighted by Gasteiger charge is -2.26. The zero-order valence-electron chi connectivity index (χ0n) is 12.2. The average molecular weight is 340 g/mol. The molecule has 0 radical (unpaired) electrons. The lowest BCUT2D eigenvalue weighted by molar-refractivity contribution is -0.137. The van der Waals surface area contributed by atoms with Gasteiger partial charge in [0.15, 0.2) is 0 Å². The molecule has 1 aromatic carbocycles. The second-order valence-electron chi connectivity index (χ2n) is 5.45. The van der Waals surface area contributed by atoms with E-state index in [1.165, 1.54) is 22.6 Å². The number of anilines is 1. The lowest BCUT2D eigenvalue weighted by Crippen LogP contribution is -2.36. The minimum Gasteiger partial charge on any atom is -0.325 e. The Morgan fingerprint density at radius 3 is 2.65 bits per heavy atom. The van der Waals surface area contributed by atoms with Crippen molar-refractivity contribution in [2.75, 3.05) is 18.4 Å². The van der Waals surface area contributed by atoms with E-state index < -0.39 is 11.7 Å². The zero-order chi connectivity index (χ0) is 16.4. The van der Waals surface area contributed by atoms with Gasteiger partial charge in [-0.15, -0.1) is 11.3 Å². The minimum atomic E-state index is -4.37. The Morgan fingerprint density at radius 1 is 1.22 bits per heavy atom. The molecule has 0 saturated heterocycles. The Hall–Kier alpha value is -1.86. The van der Waals surface area contributed by atoms with Crippen LogP contribution >= 0.6 is 11.3 Å². The number of fused-ring (bicyclic) bond motifs is 1. The molecule has 3 rings (SSSR count). The van der Waals surface area contributed by atoms with Gasteiger partial charge in [0.05, 0.1) is 12.1 Å². The molecule has 0 aliphatic carbocycles. The largest absolute Gasteiger partial charge is 0.416 e. The molecule has 0 atom stereocenters. The van der Waals surface area contributed by atoms with E-state index in [-0.39, 0.29) is 12.5 Å². The van der Waals surface area contributed by atoms with E-state index in [0.717, 1.165) is 31.6 Å². The number of hydrogen-bond acceptors (Lipinski definition) is 3. The quantitative estimate of drug-likeness (QED) is 0.923. The molecule has 1 aliphatic heterocycles. The van der Waals surface area contributed by atoms with Gasteiger partial charge < -0.3 is 5.32 Å². The van der Waals surface area contributed by atoms with Crippen LogP contribution in [-0.4, -0.2) is 23.9 Å². The summed E-state index contributed by atoms with van der Waals surface area (Å²) in [6.45, 7) is 1.78. The number of hydrogen-bond donors (Lipinski definition) is 1. The highest BCUT2D eigenvalue weighted by molar-refractivity contribution is 7.10. The Balaban J connectivity index is 1.56. The number of alkyl halides is 3. The van der Waals surface area contributed by atoms with E-state index in [2.05, 4.69) is 16.8 Å². The Morgan fingerprint density at radius 2 is 1.96 bits per heavy atom. The van der Waals surface area contributed by atoms with Gasteiger partial charge in [0, 0.05) is 23.7 Å². The molecule has 1 N–H and O–H groups in total. The van der Waals surface area contributed by atoms with Crippen molar-refractivity contribution in [3.8, 4) is 0 Å². The molecule has 23 heavy (non-hydrogen) atoms. The van der Waals surface area contributed by atoms with Gasteiger partial charge in [0.1, 0.15) is 0 Å². The van der Waals surface area contributed by atoms with Gasteiger partial charge in [0.2, 0.25) is 5.91 Å². The van der Waals surface area contributed by atoms with Gasteiger partial charge in [-0.3, -0.25) is 9.69 Å². The van der Waals surface area contributed by atoms with Crippen LogP contribution in [0, 0.1) is 0 Å². The number of nitrogens with one attached hydrogen (secondary N) is 1. The van der Waals surface area contributed by atoms with Gasteiger partial charge in [-0.25, -0.2) is 0 Å². The predicted molar refractivity (Wildman–Crippen MR) is 83.4 cm³/mol. The molecule has 1 aliphatic rings. The summed E-state index contributed by atoms with van der Waals surface area (Å²) in [6.07, 6.45) is -3.44. The fraction of sp³-hybridized carbons (Fsp3) is 0.312. The van der Waals surface area contributed by atoms with Crippen LogP contribution in [0.1, 0.15) is 16.0 Å². The van der Waals surface area contributed by atoms with Crippen LogP contribution in [-0.2, 0) is 23.9 Å². The van der Waals surface area contributed by atoms with Gasteiger partial charge in [-0.1, -0.05) is 0 Å². The third kappa shape index (κ3) is 3.92. The van der Waals surface area contributed by atoms with Crippen molar-refractivity contribution < 1.29 is 18.0 Å². The molecular formula is C16H15F3N2OS. The Labute approximate surface area is 135 Å². The summed E-state index contributed by atoms with van der Waals surface area (Å²) in [5.74, 6) is -0.219. The Bertz CT molecular complexity index is 694. The van der Waals surface area contributed by atoms with Gasteiger partial charge in [0.25, 0.3) is 0 Å². The highest BCUT2D eigenvalue weighted by Crippen LogP contribution is 2.30. The second-order valence-corrected chi connectivity index (χ2v) is 6.45. The number of amides is 1. The first-order valence-electron chi connectivity index (χ1n) is 7.16. The number of thiophene rings is 1. The van der Waals surface area contributed by atoms with Crippen LogP contribution in [0.2, 0.25) is 0 Å². The number of rotatable bonds is 3. The second kappa shape index (κ2) is 6.33. The standard InChI is InChI=1S/C16H15F3N2OS/c17-16(18,19)12-1-3-13(4-2-12)20-15(22)10-21-7-5-14-11(9-21)6-8-23-14/h1-4,6,8H,5,7,9-10H2,(H,20,22). The molecule has 7 heteroatoms. The first-order valence-corrected chi connectivity index (χ1v) is 8.04. The SMILES string of the molecule is O=C(CN1CCc2sccc2C1)Nc1ccc(C(F)(F)F)cc1. The van der Waals surface area contributed by atoms with E-state index in [1.807, 2.05) is 4.90 Å². The monoisotopic (exact) mass is 340 g/mol. The third-order valence-electron chi connectivity index (χ3n) is 3.75. The summed E-state index contributed by atoms with van der Waals surface area (Å²) in [5.41, 5.74) is 0.899. The van der Waals surface area contributed by atoms with Crippen molar-refractivity contribution in [2.24, 2.45) is 0 Å². The van der Waals surface area contributed by atoms with E-state index in [1.54, 1.807) is 11.3 Å². The van der Waals surface area contributed by atoms with Crippen molar-refractivity contribution >= 4 is 22.9 Å². The maximum atomic E-state index is 12.5. The summed E-state index contributed by atoms with van der Waals surface area (Å²) < 4.78 is 37.5.